The average Bonchev–Trinajstić information content (AvgIpc) is 2.51. The van der Waals surface area contributed by atoms with E-state index >= 15 is 0 Å². The lowest BCUT2D eigenvalue weighted by Gasteiger charge is -2.29. The van der Waals surface area contributed by atoms with Crippen molar-refractivity contribution in [2.45, 2.75) is 54.0 Å². The van der Waals surface area contributed by atoms with E-state index in [0.29, 0.717) is 36.9 Å². The van der Waals surface area contributed by atoms with Crippen molar-refractivity contribution in [3.8, 4) is 0 Å². The molecule has 0 aliphatic heterocycles. The Morgan fingerprint density at radius 2 is 1.71 bits per heavy atom. The lowest BCUT2D eigenvalue weighted by atomic mass is 10.0. The van der Waals surface area contributed by atoms with E-state index in [2.05, 4.69) is 33.0 Å². The summed E-state index contributed by atoms with van der Waals surface area (Å²) in [5.41, 5.74) is 1.55. The fraction of sp³-hybridized carbons (Fsp3) is 0.600. The molecule has 1 aromatic carbocycles. The number of hydrogen-bond acceptors (Lipinski definition) is 2. The van der Waals surface area contributed by atoms with Gasteiger partial charge in [-0.15, -0.1) is 0 Å². The summed E-state index contributed by atoms with van der Waals surface area (Å²) in [6.07, 6.45) is 0.644. The van der Waals surface area contributed by atoms with Crippen LogP contribution >= 0.6 is 0 Å². The van der Waals surface area contributed by atoms with Gasteiger partial charge in [0.1, 0.15) is 6.04 Å². The maximum absolute atomic E-state index is 12.9. The van der Waals surface area contributed by atoms with E-state index < -0.39 is 6.04 Å². The predicted molar refractivity (Wildman–Crippen MR) is 99.0 cm³/mol. The van der Waals surface area contributed by atoms with Crippen molar-refractivity contribution in [3.05, 3.63) is 35.4 Å². The first-order valence-electron chi connectivity index (χ1n) is 8.91. The lowest BCUT2D eigenvalue weighted by Crippen LogP contribution is -2.50. The van der Waals surface area contributed by atoms with E-state index in [1.807, 2.05) is 36.9 Å². The van der Waals surface area contributed by atoms with E-state index in [9.17, 15) is 9.59 Å². The second kappa shape index (κ2) is 9.45. The van der Waals surface area contributed by atoms with E-state index in [4.69, 9.17) is 0 Å². The Hall–Kier alpha value is -1.84. The first-order chi connectivity index (χ1) is 11.3. The Balaban J connectivity index is 2.94. The molecule has 0 aliphatic rings. The quantitative estimate of drug-likeness (QED) is 0.790. The molecule has 24 heavy (non-hydrogen) atoms. The standard InChI is InChI=1S/C20H32N2O2/c1-7-22(13-15(4)5)20(24)18(12-14(2)3)21-19(23)17-11-9-8-10-16(17)6/h8-11,14-15,18H,7,12-13H2,1-6H3,(H,21,23). The van der Waals surface area contributed by atoms with Crippen LogP contribution in [0.1, 0.15) is 57.0 Å². The zero-order chi connectivity index (χ0) is 18.3. The molecule has 1 aromatic rings. The molecular weight excluding hydrogens is 300 g/mol. The molecular formula is C20H32N2O2. The highest BCUT2D eigenvalue weighted by atomic mass is 16.2. The number of benzene rings is 1. The number of aryl methyl sites for hydroxylation is 1. The predicted octanol–water partition coefficient (Wildman–Crippen LogP) is 3.64. The zero-order valence-corrected chi connectivity index (χ0v) is 15.9. The van der Waals surface area contributed by atoms with Crippen LogP contribution in [0.3, 0.4) is 0 Å². The third-order valence-electron chi connectivity index (χ3n) is 3.98. The van der Waals surface area contributed by atoms with Crippen molar-refractivity contribution in [2.75, 3.05) is 13.1 Å². The van der Waals surface area contributed by atoms with Crippen LogP contribution < -0.4 is 5.32 Å². The molecule has 2 amide bonds. The molecule has 0 spiro atoms. The van der Waals surface area contributed by atoms with E-state index in [-0.39, 0.29) is 11.8 Å². The van der Waals surface area contributed by atoms with Crippen LogP contribution in [0.15, 0.2) is 24.3 Å². The normalized spacial score (nSPS) is 12.3. The van der Waals surface area contributed by atoms with Gasteiger partial charge in [-0.05, 0) is 43.7 Å². The minimum atomic E-state index is -0.476. The molecule has 0 bridgehead atoms. The Morgan fingerprint density at radius 3 is 2.21 bits per heavy atom. The first-order valence-corrected chi connectivity index (χ1v) is 8.91. The van der Waals surface area contributed by atoms with Gasteiger partial charge in [-0.1, -0.05) is 45.9 Å². The molecule has 0 aromatic heterocycles. The van der Waals surface area contributed by atoms with Gasteiger partial charge in [-0.2, -0.15) is 0 Å². The molecule has 1 atom stereocenters. The summed E-state index contributed by atoms with van der Waals surface area (Å²) in [6.45, 7) is 13.6. The van der Waals surface area contributed by atoms with Crippen molar-refractivity contribution >= 4 is 11.8 Å². The number of hydrogen-bond donors (Lipinski definition) is 1. The number of nitrogens with one attached hydrogen (secondary N) is 1. The topological polar surface area (TPSA) is 49.4 Å². The summed E-state index contributed by atoms with van der Waals surface area (Å²) < 4.78 is 0. The average molecular weight is 332 g/mol. The highest BCUT2D eigenvalue weighted by Gasteiger charge is 2.27. The lowest BCUT2D eigenvalue weighted by molar-refractivity contribution is -0.134. The van der Waals surface area contributed by atoms with Gasteiger partial charge in [0.25, 0.3) is 5.91 Å². The van der Waals surface area contributed by atoms with Crippen molar-refractivity contribution in [2.24, 2.45) is 11.8 Å². The molecule has 0 heterocycles. The van der Waals surface area contributed by atoms with Gasteiger partial charge < -0.3 is 10.2 Å². The van der Waals surface area contributed by atoms with E-state index in [1.54, 1.807) is 6.07 Å². The number of carbonyl (C=O) groups excluding carboxylic acids is 2. The number of likely N-dealkylation sites (N-methyl/N-ethyl adjacent to an activating group) is 1. The first kappa shape index (κ1) is 20.2. The van der Waals surface area contributed by atoms with Crippen molar-refractivity contribution in [1.29, 1.82) is 0 Å². The highest BCUT2D eigenvalue weighted by molar-refractivity contribution is 5.98. The molecule has 0 radical (unpaired) electrons. The van der Waals surface area contributed by atoms with Crippen LogP contribution in [-0.4, -0.2) is 35.8 Å². The molecule has 0 aliphatic carbocycles. The molecule has 0 fully saturated rings. The largest absolute Gasteiger partial charge is 0.341 e. The fourth-order valence-corrected chi connectivity index (χ4v) is 2.79. The van der Waals surface area contributed by atoms with E-state index in [1.165, 1.54) is 0 Å². The number of carbonyl (C=O) groups is 2. The SMILES string of the molecule is CCN(CC(C)C)C(=O)C(CC(C)C)NC(=O)c1ccccc1C. The van der Waals surface area contributed by atoms with Crippen molar-refractivity contribution < 1.29 is 9.59 Å². The maximum Gasteiger partial charge on any atom is 0.252 e. The van der Waals surface area contributed by atoms with Gasteiger partial charge >= 0.3 is 0 Å². The van der Waals surface area contributed by atoms with Gasteiger partial charge in [0.05, 0.1) is 0 Å². The Labute approximate surface area is 146 Å². The Bertz CT molecular complexity index is 552. The number of amides is 2. The van der Waals surface area contributed by atoms with Crippen LogP contribution in [0.4, 0.5) is 0 Å². The molecule has 0 saturated carbocycles. The Kier molecular flexibility index (Phi) is 7.96. The van der Waals surface area contributed by atoms with E-state index in [0.717, 1.165) is 5.56 Å². The van der Waals surface area contributed by atoms with Gasteiger partial charge in [-0.3, -0.25) is 9.59 Å². The molecule has 1 unspecified atom stereocenters. The molecule has 4 heteroatoms. The molecule has 0 saturated heterocycles. The molecule has 134 valence electrons. The smallest absolute Gasteiger partial charge is 0.252 e. The van der Waals surface area contributed by atoms with Crippen LogP contribution in [0.5, 0.6) is 0 Å². The maximum atomic E-state index is 12.9. The van der Waals surface area contributed by atoms with Gasteiger partial charge in [-0.25, -0.2) is 0 Å². The minimum absolute atomic E-state index is 0.0156. The summed E-state index contributed by atoms with van der Waals surface area (Å²) in [6, 6.07) is 6.98. The number of nitrogens with zero attached hydrogens (tertiary/aromatic N) is 1. The molecule has 4 nitrogen and oxygen atoms in total. The minimum Gasteiger partial charge on any atom is -0.341 e. The summed E-state index contributed by atoms with van der Waals surface area (Å²) in [7, 11) is 0. The Morgan fingerprint density at radius 1 is 1.08 bits per heavy atom. The summed E-state index contributed by atoms with van der Waals surface area (Å²) in [5, 5.41) is 2.96. The molecule has 1 N–H and O–H groups in total. The van der Waals surface area contributed by atoms with Gasteiger partial charge in [0.2, 0.25) is 5.91 Å². The summed E-state index contributed by atoms with van der Waals surface area (Å²) >= 11 is 0. The number of rotatable bonds is 8. The third kappa shape index (κ3) is 5.99. The van der Waals surface area contributed by atoms with Crippen LogP contribution in [0.25, 0.3) is 0 Å². The van der Waals surface area contributed by atoms with Crippen LogP contribution in [-0.2, 0) is 4.79 Å². The zero-order valence-electron chi connectivity index (χ0n) is 15.9. The third-order valence-corrected chi connectivity index (χ3v) is 3.98. The second-order valence-corrected chi connectivity index (χ2v) is 7.24. The van der Waals surface area contributed by atoms with Crippen LogP contribution in [0, 0.1) is 18.8 Å². The van der Waals surface area contributed by atoms with Crippen LogP contribution in [0.2, 0.25) is 0 Å². The second-order valence-electron chi connectivity index (χ2n) is 7.24. The van der Waals surface area contributed by atoms with Gasteiger partial charge in [0, 0.05) is 18.7 Å². The molecule has 1 rings (SSSR count). The van der Waals surface area contributed by atoms with Gasteiger partial charge in [0.15, 0.2) is 0 Å². The highest BCUT2D eigenvalue weighted by Crippen LogP contribution is 2.12. The fourth-order valence-electron chi connectivity index (χ4n) is 2.79. The summed E-state index contributed by atoms with van der Waals surface area (Å²) in [4.78, 5) is 27.4. The summed E-state index contributed by atoms with van der Waals surface area (Å²) in [5.74, 6) is 0.573. The van der Waals surface area contributed by atoms with Crippen molar-refractivity contribution in [3.63, 3.8) is 0 Å². The monoisotopic (exact) mass is 332 g/mol. The van der Waals surface area contributed by atoms with Crippen molar-refractivity contribution in [1.82, 2.24) is 10.2 Å².